The van der Waals surface area contributed by atoms with E-state index in [-0.39, 0.29) is 5.69 Å². The van der Waals surface area contributed by atoms with Gasteiger partial charge in [-0.25, -0.2) is 4.79 Å². The van der Waals surface area contributed by atoms with E-state index in [1.165, 1.54) is 13.0 Å². The molecule has 0 saturated carbocycles. The fourth-order valence-electron chi connectivity index (χ4n) is 1.74. The van der Waals surface area contributed by atoms with Crippen LogP contribution in [0.1, 0.15) is 17.4 Å². The van der Waals surface area contributed by atoms with Crippen LogP contribution >= 0.6 is 0 Å². The van der Waals surface area contributed by atoms with E-state index in [1.54, 1.807) is 12.3 Å². The van der Waals surface area contributed by atoms with Crippen LogP contribution in [0.5, 0.6) is 0 Å². The summed E-state index contributed by atoms with van der Waals surface area (Å²) in [7, 11) is 0. The molecule has 0 bridgehead atoms. The summed E-state index contributed by atoms with van der Waals surface area (Å²) in [6.45, 7) is 1.51. The predicted molar refractivity (Wildman–Crippen MR) is 58.6 cm³/mol. The first-order chi connectivity index (χ1) is 8.50. The van der Waals surface area contributed by atoms with Gasteiger partial charge in [0.1, 0.15) is 24.0 Å². The van der Waals surface area contributed by atoms with E-state index in [1.807, 2.05) is 0 Å². The smallest absolute Gasteiger partial charge is 0.357 e. The lowest BCUT2D eigenvalue weighted by Crippen LogP contribution is -2.57. The van der Waals surface area contributed by atoms with Crippen molar-refractivity contribution in [3.05, 3.63) is 24.0 Å². The van der Waals surface area contributed by atoms with Gasteiger partial charge in [-0.2, -0.15) is 0 Å². The van der Waals surface area contributed by atoms with Crippen molar-refractivity contribution in [3.63, 3.8) is 0 Å². The minimum Gasteiger partial charge on any atom is -0.428 e. The second kappa shape index (κ2) is 5.07. The molecular weight excluding hydrogens is 242 g/mol. The Morgan fingerprint density at radius 2 is 2.06 bits per heavy atom. The molecule has 4 N–H and O–H groups in total. The van der Waals surface area contributed by atoms with Crippen molar-refractivity contribution in [3.8, 4) is 0 Å². The lowest BCUT2D eigenvalue weighted by Gasteiger charge is -2.38. The molecule has 0 aliphatic carbocycles. The van der Waals surface area contributed by atoms with Gasteiger partial charge in [0.15, 0.2) is 0 Å². The number of aromatic amines is 1. The van der Waals surface area contributed by atoms with Gasteiger partial charge in [-0.1, -0.05) is 0 Å². The number of H-pyrrole nitrogens is 1. The molecule has 7 nitrogen and oxygen atoms in total. The van der Waals surface area contributed by atoms with Crippen molar-refractivity contribution in [2.45, 2.75) is 37.6 Å². The number of rotatable bonds is 2. The van der Waals surface area contributed by atoms with Crippen LogP contribution in [0.4, 0.5) is 0 Å². The highest BCUT2D eigenvalue weighted by molar-refractivity contribution is 5.87. The van der Waals surface area contributed by atoms with Gasteiger partial charge < -0.3 is 29.8 Å². The van der Waals surface area contributed by atoms with Crippen LogP contribution in [0.15, 0.2) is 18.3 Å². The van der Waals surface area contributed by atoms with Crippen LogP contribution in [0.25, 0.3) is 0 Å². The molecule has 7 heteroatoms. The Morgan fingerprint density at radius 3 is 2.67 bits per heavy atom. The summed E-state index contributed by atoms with van der Waals surface area (Å²) in [6.07, 6.45) is -4.64. The first-order valence-corrected chi connectivity index (χ1v) is 5.54. The molecule has 0 amide bonds. The largest absolute Gasteiger partial charge is 0.428 e. The minimum atomic E-state index is -1.49. The third-order valence-corrected chi connectivity index (χ3v) is 2.85. The van der Waals surface area contributed by atoms with Crippen LogP contribution < -0.4 is 0 Å². The third kappa shape index (κ3) is 2.39. The summed E-state index contributed by atoms with van der Waals surface area (Å²) in [4.78, 5) is 14.3. The fraction of sp³-hybridized carbons (Fsp3) is 0.545. The second-order valence-electron chi connectivity index (χ2n) is 4.17. The number of ether oxygens (including phenoxy) is 2. The Labute approximate surface area is 103 Å². The summed E-state index contributed by atoms with van der Waals surface area (Å²) in [5.41, 5.74) is 0.207. The topological polar surface area (TPSA) is 112 Å². The summed E-state index contributed by atoms with van der Waals surface area (Å²) < 4.78 is 10.1. The van der Waals surface area contributed by atoms with E-state index < -0.39 is 36.7 Å². The zero-order valence-electron chi connectivity index (χ0n) is 9.69. The second-order valence-corrected chi connectivity index (χ2v) is 4.17. The Kier molecular flexibility index (Phi) is 3.67. The molecule has 1 aliphatic rings. The molecule has 2 heterocycles. The first-order valence-electron chi connectivity index (χ1n) is 5.54. The van der Waals surface area contributed by atoms with Crippen molar-refractivity contribution in [1.29, 1.82) is 0 Å². The average molecular weight is 257 g/mol. The van der Waals surface area contributed by atoms with Gasteiger partial charge in [0.2, 0.25) is 6.29 Å². The van der Waals surface area contributed by atoms with Crippen molar-refractivity contribution in [1.82, 2.24) is 4.98 Å². The molecule has 100 valence electrons. The highest BCUT2D eigenvalue weighted by Crippen LogP contribution is 2.22. The van der Waals surface area contributed by atoms with E-state index in [0.717, 1.165) is 0 Å². The van der Waals surface area contributed by atoms with Crippen LogP contribution in [0.3, 0.4) is 0 Å². The van der Waals surface area contributed by atoms with E-state index in [9.17, 15) is 20.1 Å². The maximum absolute atomic E-state index is 11.6. The molecule has 5 atom stereocenters. The molecule has 1 aliphatic heterocycles. The van der Waals surface area contributed by atoms with E-state index in [4.69, 9.17) is 9.47 Å². The molecule has 0 spiro atoms. The van der Waals surface area contributed by atoms with E-state index in [2.05, 4.69) is 4.98 Å². The SMILES string of the molecule is CC1OC(OC(=O)c2ccc[nH]2)C(O)C(O)C1O. The maximum Gasteiger partial charge on any atom is 0.357 e. The zero-order valence-corrected chi connectivity index (χ0v) is 9.69. The number of carbonyl (C=O) groups excluding carboxylic acids is 1. The molecule has 18 heavy (non-hydrogen) atoms. The number of hydrogen-bond acceptors (Lipinski definition) is 6. The molecule has 2 rings (SSSR count). The normalized spacial score (nSPS) is 36.3. The summed E-state index contributed by atoms with van der Waals surface area (Å²) in [5, 5.41) is 28.7. The average Bonchev–Trinajstić information content (AvgIpc) is 2.87. The number of aromatic nitrogens is 1. The van der Waals surface area contributed by atoms with Crippen molar-refractivity contribution >= 4 is 5.97 Å². The molecule has 5 unspecified atom stereocenters. The highest BCUT2D eigenvalue weighted by atomic mass is 16.7. The van der Waals surface area contributed by atoms with Gasteiger partial charge in [-0.05, 0) is 19.1 Å². The van der Waals surface area contributed by atoms with Gasteiger partial charge in [-0.15, -0.1) is 0 Å². The molecule has 0 aromatic carbocycles. The lowest BCUT2D eigenvalue weighted by atomic mass is 10.0. The number of nitrogens with one attached hydrogen (secondary N) is 1. The van der Waals surface area contributed by atoms with E-state index in [0.29, 0.717) is 0 Å². The maximum atomic E-state index is 11.6. The Balaban J connectivity index is 2.03. The zero-order chi connectivity index (χ0) is 13.3. The minimum absolute atomic E-state index is 0.207. The Bertz CT molecular complexity index is 406. The molecule has 1 aromatic rings. The lowest BCUT2D eigenvalue weighted by molar-refractivity contribution is -0.276. The molecular formula is C11H15NO6. The fourth-order valence-corrected chi connectivity index (χ4v) is 1.74. The quantitative estimate of drug-likeness (QED) is 0.505. The van der Waals surface area contributed by atoms with Crippen molar-refractivity contribution < 1.29 is 29.6 Å². The number of carbonyl (C=O) groups is 1. The van der Waals surface area contributed by atoms with Gasteiger partial charge in [0.05, 0.1) is 6.10 Å². The first kappa shape index (κ1) is 13.0. The number of aliphatic hydroxyl groups excluding tert-OH is 3. The highest BCUT2D eigenvalue weighted by Gasteiger charge is 2.43. The molecule has 1 fully saturated rings. The standard InChI is InChI=1S/C11H15NO6/c1-5-7(13)8(14)9(15)11(17-5)18-10(16)6-3-2-4-12-6/h2-5,7-9,11-15H,1H3. The summed E-state index contributed by atoms with van der Waals surface area (Å²) in [6, 6.07) is 3.13. The van der Waals surface area contributed by atoms with Crippen molar-refractivity contribution in [2.24, 2.45) is 0 Å². The third-order valence-electron chi connectivity index (χ3n) is 2.85. The van der Waals surface area contributed by atoms with Gasteiger partial charge >= 0.3 is 5.97 Å². The van der Waals surface area contributed by atoms with E-state index >= 15 is 0 Å². The monoisotopic (exact) mass is 257 g/mol. The molecule has 1 aromatic heterocycles. The Morgan fingerprint density at radius 1 is 1.33 bits per heavy atom. The van der Waals surface area contributed by atoms with Crippen molar-refractivity contribution in [2.75, 3.05) is 0 Å². The van der Waals surface area contributed by atoms with Crippen LogP contribution in [0, 0.1) is 0 Å². The summed E-state index contributed by atoms with van der Waals surface area (Å²) in [5.74, 6) is -0.708. The van der Waals surface area contributed by atoms with Crippen LogP contribution in [-0.2, 0) is 9.47 Å². The van der Waals surface area contributed by atoms with Gasteiger partial charge in [0.25, 0.3) is 0 Å². The van der Waals surface area contributed by atoms with Crippen LogP contribution in [0.2, 0.25) is 0 Å². The van der Waals surface area contributed by atoms with Gasteiger partial charge in [0, 0.05) is 6.20 Å². The van der Waals surface area contributed by atoms with Crippen LogP contribution in [-0.4, -0.2) is 57.0 Å². The molecule has 1 saturated heterocycles. The Hall–Kier alpha value is -1.41. The summed E-state index contributed by atoms with van der Waals surface area (Å²) >= 11 is 0. The number of hydrogen-bond donors (Lipinski definition) is 4. The number of esters is 1. The van der Waals surface area contributed by atoms with Gasteiger partial charge in [-0.3, -0.25) is 0 Å². The molecule has 0 radical (unpaired) electrons. The number of aliphatic hydroxyl groups is 3. The predicted octanol–water partition coefficient (Wildman–Crippen LogP) is -1.00.